The van der Waals surface area contributed by atoms with Gasteiger partial charge in [0.1, 0.15) is 0 Å². The van der Waals surface area contributed by atoms with Crippen molar-refractivity contribution in [3.63, 3.8) is 0 Å². The average Bonchev–Trinajstić information content (AvgIpc) is 3.33. The van der Waals surface area contributed by atoms with Crippen LogP contribution in [-0.4, -0.2) is 5.91 Å². The number of para-hydroxylation sites is 1. The molecule has 1 aliphatic rings. The first-order valence-corrected chi connectivity index (χ1v) is 10.00. The second-order valence-corrected chi connectivity index (χ2v) is 7.14. The molecule has 0 spiro atoms. The van der Waals surface area contributed by atoms with Gasteiger partial charge in [0.05, 0.1) is 5.70 Å². The van der Waals surface area contributed by atoms with Gasteiger partial charge in [-0.2, -0.15) is 11.3 Å². The van der Waals surface area contributed by atoms with Crippen LogP contribution in [0.15, 0.2) is 77.0 Å². The summed E-state index contributed by atoms with van der Waals surface area (Å²) in [6.07, 6.45) is 1.80. The summed E-state index contributed by atoms with van der Waals surface area (Å²) in [6.45, 7) is 2.14. The number of anilines is 1. The zero-order chi connectivity index (χ0) is 18.6. The molecule has 0 bridgehead atoms. The smallest absolute Gasteiger partial charge is 0.263 e. The molecule has 2 nitrogen and oxygen atoms in total. The normalized spacial score (nSPS) is 14.6. The molecule has 0 N–H and O–H groups in total. The Hall–Kier alpha value is -3.09. The maximum atomic E-state index is 13.2. The largest absolute Gasteiger partial charge is 0.275 e. The van der Waals surface area contributed by atoms with Crippen LogP contribution in [0.3, 0.4) is 0 Å². The summed E-state index contributed by atoms with van der Waals surface area (Å²) in [7, 11) is 0. The van der Waals surface area contributed by atoms with Gasteiger partial charge in [-0.1, -0.05) is 61.6 Å². The number of benzene rings is 2. The maximum Gasteiger partial charge on any atom is 0.263 e. The van der Waals surface area contributed by atoms with Gasteiger partial charge in [0.15, 0.2) is 0 Å². The quantitative estimate of drug-likeness (QED) is 0.521. The number of thiophene rings is 1. The van der Waals surface area contributed by atoms with Crippen molar-refractivity contribution in [2.75, 3.05) is 4.90 Å². The molecule has 27 heavy (non-hydrogen) atoms. The fourth-order valence-corrected chi connectivity index (χ4v) is 3.90. The average molecular weight is 369 g/mol. The molecule has 0 atom stereocenters. The number of carbonyl (C=O) groups is 1. The van der Waals surface area contributed by atoms with E-state index in [1.165, 1.54) is 0 Å². The molecule has 0 fully saturated rings. The van der Waals surface area contributed by atoms with Crippen molar-refractivity contribution in [1.82, 2.24) is 0 Å². The summed E-state index contributed by atoms with van der Waals surface area (Å²) < 4.78 is 0. The summed E-state index contributed by atoms with van der Waals surface area (Å²) in [5, 5.41) is 4.07. The highest BCUT2D eigenvalue weighted by molar-refractivity contribution is 7.08. The van der Waals surface area contributed by atoms with Crippen LogP contribution >= 0.6 is 11.3 Å². The van der Waals surface area contributed by atoms with Crippen LogP contribution in [0.2, 0.25) is 0 Å². The monoisotopic (exact) mass is 369 g/mol. The molecule has 2 aromatic carbocycles. The molecule has 0 radical (unpaired) electrons. The molecular formula is C24H19NOS. The highest BCUT2D eigenvalue weighted by atomic mass is 32.1. The topological polar surface area (TPSA) is 20.3 Å². The molecule has 0 saturated heterocycles. The number of fused-ring (bicyclic) bond motifs is 1. The van der Waals surface area contributed by atoms with Gasteiger partial charge in [0.25, 0.3) is 5.91 Å². The molecule has 0 unspecified atom stereocenters. The Kier molecular flexibility index (Phi) is 4.91. The lowest BCUT2D eigenvalue weighted by atomic mass is 10.0. The SMILES string of the molecule is CCC/C(C#Cc1ccsc1)=C1/c2ccccc2C(=O)N1c1ccccc1. The van der Waals surface area contributed by atoms with E-state index in [9.17, 15) is 4.79 Å². The van der Waals surface area contributed by atoms with E-state index in [1.807, 2.05) is 76.3 Å². The minimum Gasteiger partial charge on any atom is -0.275 e. The molecule has 4 rings (SSSR count). The lowest BCUT2D eigenvalue weighted by Gasteiger charge is -2.20. The highest BCUT2D eigenvalue weighted by Gasteiger charge is 2.34. The molecule has 0 aliphatic carbocycles. The van der Waals surface area contributed by atoms with Crippen molar-refractivity contribution in [2.45, 2.75) is 19.8 Å². The molecule has 3 aromatic rings. The van der Waals surface area contributed by atoms with Crippen molar-refractivity contribution in [1.29, 1.82) is 0 Å². The summed E-state index contributed by atoms with van der Waals surface area (Å²) >= 11 is 1.64. The van der Waals surface area contributed by atoms with Crippen molar-refractivity contribution in [3.8, 4) is 11.8 Å². The summed E-state index contributed by atoms with van der Waals surface area (Å²) in [5.74, 6) is 6.65. The first-order valence-electron chi connectivity index (χ1n) is 9.06. The molecule has 1 aliphatic heterocycles. The Morgan fingerprint density at radius 3 is 2.44 bits per heavy atom. The van der Waals surface area contributed by atoms with Crippen LogP contribution in [0.25, 0.3) is 5.70 Å². The third-order valence-corrected chi connectivity index (χ3v) is 5.20. The Morgan fingerprint density at radius 2 is 1.74 bits per heavy atom. The van der Waals surface area contributed by atoms with E-state index in [2.05, 4.69) is 18.8 Å². The predicted octanol–water partition coefficient (Wildman–Crippen LogP) is 5.97. The van der Waals surface area contributed by atoms with Gasteiger partial charge in [-0.3, -0.25) is 9.69 Å². The second kappa shape index (κ2) is 7.65. The molecule has 3 heteroatoms. The number of rotatable bonds is 3. The van der Waals surface area contributed by atoms with Crippen LogP contribution in [0, 0.1) is 11.8 Å². The van der Waals surface area contributed by atoms with Crippen LogP contribution in [0.5, 0.6) is 0 Å². The van der Waals surface area contributed by atoms with Crippen molar-refractivity contribution in [3.05, 3.63) is 93.7 Å². The first kappa shape index (κ1) is 17.3. The van der Waals surface area contributed by atoms with E-state index in [-0.39, 0.29) is 5.91 Å². The van der Waals surface area contributed by atoms with Crippen LogP contribution in [0.4, 0.5) is 5.69 Å². The van der Waals surface area contributed by atoms with Crippen LogP contribution in [-0.2, 0) is 0 Å². The van der Waals surface area contributed by atoms with E-state index >= 15 is 0 Å². The highest BCUT2D eigenvalue weighted by Crippen LogP contribution is 2.39. The Labute approximate surface area is 163 Å². The molecule has 2 heterocycles. The van der Waals surface area contributed by atoms with E-state index in [0.717, 1.165) is 46.5 Å². The summed E-state index contributed by atoms with van der Waals surface area (Å²) in [6, 6.07) is 19.7. The number of amides is 1. The minimum absolute atomic E-state index is 0.0118. The number of nitrogens with zero attached hydrogens (tertiary/aromatic N) is 1. The standard InChI is InChI=1S/C24H19NOS/c1-2-8-19(14-13-18-15-16-27-17-18)23-21-11-6-7-12-22(21)24(26)25(23)20-9-4-3-5-10-20/h3-7,9-12,15-17H,2,8H2,1H3/b23-19+. The van der Waals surface area contributed by atoms with Crippen LogP contribution in [0.1, 0.15) is 41.3 Å². The molecule has 1 amide bonds. The third-order valence-electron chi connectivity index (χ3n) is 4.52. The van der Waals surface area contributed by atoms with Gasteiger partial charge < -0.3 is 0 Å². The molecule has 132 valence electrons. The first-order chi connectivity index (χ1) is 13.3. The van der Waals surface area contributed by atoms with Crippen molar-refractivity contribution >= 4 is 28.6 Å². The Morgan fingerprint density at radius 1 is 1.00 bits per heavy atom. The zero-order valence-electron chi connectivity index (χ0n) is 15.1. The predicted molar refractivity (Wildman–Crippen MR) is 113 cm³/mol. The van der Waals surface area contributed by atoms with Gasteiger partial charge >= 0.3 is 0 Å². The third kappa shape index (κ3) is 3.32. The van der Waals surface area contributed by atoms with Crippen molar-refractivity contribution < 1.29 is 4.79 Å². The maximum absolute atomic E-state index is 13.2. The van der Waals surface area contributed by atoms with Gasteiger partial charge in [-0.25, -0.2) is 0 Å². The number of carbonyl (C=O) groups excluding carboxylic acids is 1. The second-order valence-electron chi connectivity index (χ2n) is 6.36. The van der Waals surface area contributed by atoms with Crippen molar-refractivity contribution in [2.24, 2.45) is 0 Å². The van der Waals surface area contributed by atoms with E-state index in [0.29, 0.717) is 0 Å². The number of hydrogen-bond acceptors (Lipinski definition) is 2. The van der Waals surface area contributed by atoms with Gasteiger partial charge in [-0.15, -0.1) is 0 Å². The van der Waals surface area contributed by atoms with E-state index < -0.39 is 0 Å². The fraction of sp³-hybridized carbons (Fsp3) is 0.125. The van der Waals surface area contributed by atoms with Gasteiger partial charge in [0.2, 0.25) is 0 Å². The lowest BCUT2D eigenvalue weighted by molar-refractivity contribution is 0.101. The van der Waals surface area contributed by atoms with Gasteiger partial charge in [-0.05, 0) is 36.1 Å². The molecule has 0 saturated carbocycles. The molecule has 1 aromatic heterocycles. The summed E-state index contributed by atoms with van der Waals surface area (Å²) in [4.78, 5) is 15.0. The number of hydrogen-bond donors (Lipinski definition) is 0. The summed E-state index contributed by atoms with van der Waals surface area (Å²) in [5.41, 5.74) is 5.52. The molecular weight excluding hydrogens is 350 g/mol. The van der Waals surface area contributed by atoms with Crippen LogP contribution < -0.4 is 4.90 Å². The van der Waals surface area contributed by atoms with Gasteiger partial charge in [0, 0.05) is 33.3 Å². The fourth-order valence-electron chi connectivity index (χ4n) is 3.31. The zero-order valence-corrected chi connectivity index (χ0v) is 15.9. The Balaban J connectivity index is 1.93. The van der Waals surface area contributed by atoms with E-state index in [4.69, 9.17) is 0 Å². The van der Waals surface area contributed by atoms with E-state index in [1.54, 1.807) is 11.3 Å². The minimum atomic E-state index is 0.0118. The Bertz CT molecular complexity index is 1050. The number of allylic oxidation sites excluding steroid dienone is 1. The lowest BCUT2D eigenvalue weighted by Crippen LogP contribution is -2.23.